The Morgan fingerprint density at radius 3 is 2.95 bits per heavy atom. The average molecular weight is 289 g/mol. The van der Waals surface area contributed by atoms with Crippen LogP contribution in [0.25, 0.3) is 22.0 Å². The van der Waals surface area contributed by atoms with Crippen molar-refractivity contribution in [1.82, 2.24) is 10.3 Å². The van der Waals surface area contributed by atoms with Gasteiger partial charge in [0, 0.05) is 22.3 Å². The molecule has 102 valence electrons. The molecule has 3 rings (SSSR count). The van der Waals surface area contributed by atoms with E-state index >= 15 is 0 Å². The van der Waals surface area contributed by atoms with Crippen molar-refractivity contribution in [2.24, 2.45) is 0 Å². The van der Waals surface area contributed by atoms with Crippen molar-refractivity contribution >= 4 is 39.5 Å². The molecule has 0 aliphatic carbocycles. The number of furan rings is 1. The second-order valence-corrected chi connectivity index (χ2v) is 5.02. The van der Waals surface area contributed by atoms with Gasteiger partial charge >= 0.3 is 0 Å². The lowest BCUT2D eigenvalue weighted by Gasteiger charge is -1.98. The Hall–Kier alpha value is -2.07. The second-order valence-electron chi connectivity index (χ2n) is 4.59. The number of benzene rings is 1. The number of hydrogen-bond donors (Lipinski definition) is 1. The zero-order valence-electron chi connectivity index (χ0n) is 10.9. The molecule has 0 spiro atoms. The van der Waals surface area contributed by atoms with Gasteiger partial charge in [-0.15, -0.1) is 0 Å². The standard InChI is InChI=1S/C15H13ClN2O2/c1-2-5-17-14(19)13-7-10-6-9-3-4-11(16)8-12(9)18-15(10)20-13/h3-4,6-8H,2,5H2,1H3,(H,17,19). The van der Waals surface area contributed by atoms with Gasteiger partial charge < -0.3 is 9.73 Å². The van der Waals surface area contributed by atoms with E-state index in [2.05, 4.69) is 10.3 Å². The number of nitrogens with zero attached hydrogens (tertiary/aromatic N) is 1. The lowest BCUT2D eigenvalue weighted by molar-refractivity contribution is 0.0928. The molecule has 0 unspecified atom stereocenters. The molecule has 0 radical (unpaired) electrons. The smallest absolute Gasteiger partial charge is 0.287 e. The Kier molecular flexibility index (Phi) is 3.32. The molecule has 1 amide bonds. The maximum atomic E-state index is 11.9. The van der Waals surface area contributed by atoms with Gasteiger partial charge in [-0.3, -0.25) is 4.79 Å². The highest BCUT2D eigenvalue weighted by atomic mass is 35.5. The second kappa shape index (κ2) is 5.13. The van der Waals surface area contributed by atoms with E-state index in [0.29, 0.717) is 17.3 Å². The van der Waals surface area contributed by atoms with E-state index in [0.717, 1.165) is 22.7 Å². The molecular formula is C15H13ClN2O2. The van der Waals surface area contributed by atoms with Crippen LogP contribution in [0.15, 0.2) is 34.7 Å². The van der Waals surface area contributed by atoms with Gasteiger partial charge in [0.15, 0.2) is 5.76 Å². The summed E-state index contributed by atoms with van der Waals surface area (Å²) >= 11 is 5.95. The van der Waals surface area contributed by atoms with Gasteiger partial charge in [0.1, 0.15) is 0 Å². The molecule has 1 N–H and O–H groups in total. The number of rotatable bonds is 3. The van der Waals surface area contributed by atoms with Gasteiger partial charge in [-0.05, 0) is 30.7 Å². The van der Waals surface area contributed by atoms with E-state index < -0.39 is 0 Å². The molecular weight excluding hydrogens is 276 g/mol. The van der Waals surface area contributed by atoms with Crippen LogP contribution < -0.4 is 5.32 Å². The molecule has 0 atom stereocenters. The van der Waals surface area contributed by atoms with Gasteiger partial charge in [0.2, 0.25) is 5.71 Å². The third kappa shape index (κ3) is 2.34. The van der Waals surface area contributed by atoms with Crippen molar-refractivity contribution in [1.29, 1.82) is 0 Å². The number of fused-ring (bicyclic) bond motifs is 2. The Balaban J connectivity index is 2.06. The summed E-state index contributed by atoms with van der Waals surface area (Å²) < 4.78 is 5.51. The minimum absolute atomic E-state index is 0.216. The molecule has 20 heavy (non-hydrogen) atoms. The van der Waals surface area contributed by atoms with Crippen LogP contribution in [0.3, 0.4) is 0 Å². The summed E-state index contributed by atoms with van der Waals surface area (Å²) in [4.78, 5) is 16.3. The summed E-state index contributed by atoms with van der Waals surface area (Å²) in [6.07, 6.45) is 0.882. The third-order valence-corrected chi connectivity index (χ3v) is 3.26. The molecule has 4 nitrogen and oxygen atoms in total. The van der Waals surface area contributed by atoms with Crippen LogP contribution in [-0.2, 0) is 0 Å². The van der Waals surface area contributed by atoms with Gasteiger partial charge in [-0.2, -0.15) is 0 Å². The van der Waals surface area contributed by atoms with E-state index in [1.54, 1.807) is 12.1 Å². The zero-order chi connectivity index (χ0) is 14.1. The van der Waals surface area contributed by atoms with E-state index in [1.807, 2.05) is 25.1 Å². The third-order valence-electron chi connectivity index (χ3n) is 3.03. The number of pyridine rings is 1. The summed E-state index contributed by atoms with van der Waals surface area (Å²) in [7, 11) is 0. The van der Waals surface area contributed by atoms with Crippen LogP contribution in [0, 0.1) is 0 Å². The molecule has 0 aliphatic rings. The lowest BCUT2D eigenvalue weighted by atomic mass is 10.2. The highest BCUT2D eigenvalue weighted by Crippen LogP contribution is 2.24. The maximum Gasteiger partial charge on any atom is 0.287 e. The van der Waals surface area contributed by atoms with Gasteiger partial charge in [0.25, 0.3) is 5.91 Å². The molecule has 5 heteroatoms. The van der Waals surface area contributed by atoms with Gasteiger partial charge in [0.05, 0.1) is 5.52 Å². The zero-order valence-corrected chi connectivity index (χ0v) is 11.7. The number of amides is 1. The predicted molar refractivity (Wildman–Crippen MR) is 79.1 cm³/mol. The normalized spacial score (nSPS) is 11.1. The van der Waals surface area contributed by atoms with E-state index in [4.69, 9.17) is 16.0 Å². The number of carbonyl (C=O) groups is 1. The monoisotopic (exact) mass is 288 g/mol. The Morgan fingerprint density at radius 2 is 2.15 bits per heavy atom. The highest BCUT2D eigenvalue weighted by Gasteiger charge is 2.13. The Morgan fingerprint density at radius 1 is 1.30 bits per heavy atom. The van der Waals surface area contributed by atoms with Crippen LogP contribution in [0.1, 0.15) is 23.9 Å². The number of aromatic nitrogens is 1. The minimum atomic E-state index is -0.216. The molecule has 0 fully saturated rings. The van der Waals surface area contributed by atoms with Crippen molar-refractivity contribution < 1.29 is 9.21 Å². The number of hydrogen-bond acceptors (Lipinski definition) is 3. The first-order chi connectivity index (χ1) is 9.67. The summed E-state index contributed by atoms with van der Waals surface area (Å²) in [6, 6.07) is 9.13. The van der Waals surface area contributed by atoms with Crippen LogP contribution in [0.2, 0.25) is 5.02 Å². The molecule has 2 heterocycles. The molecule has 0 saturated heterocycles. The Bertz CT molecular complexity index is 795. The van der Waals surface area contributed by atoms with Crippen molar-refractivity contribution in [2.75, 3.05) is 6.54 Å². The summed E-state index contributed by atoms with van der Waals surface area (Å²) in [6.45, 7) is 2.62. The van der Waals surface area contributed by atoms with E-state index in [-0.39, 0.29) is 11.7 Å². The summed E-state index contributed by atoms with van der Waals surface area (Å²) in [5.41, 5.74) is 1.20. The molecule has 2 aromatic heterocycles. The maximum absolute atomic E-state index is 11.9. The number of carbonyl (C=O) groups excluding carboxylic acids is 1. The van der Waals surface area contributed by atoms with Gasteiger partial charge in [-0.1, -0.05) is 24.6 Å². The van der Waals surface area contributed by atoms with Crippen LogP contribution in [-0.4, -0.2) is 17.4 Å². The van der Waals surface area contributed by atoms with Gasteiger partial charge in [-0.25, -0.2) is 4.98 Å². The molecule has 1 aromatic carbocycles. The fraction of sp³-hybridized carbons (Fsp3) is 0.200. The largest absolute Gasteiger partial charge is 0.433 e. The van der Waals surface area contributed by atoms with Crippen molar-refractivity contribution in [3.8, 4) is 0 Å². The van der Waals surface area contributed by atoms with Crippen molar-refractivity contribution in [3.05, 3.63) is 41.1 Å². The first-order valence-electron chi connectivity index (χ1n) is 6.45. The van der Waals surface area contributed by atoms with Crippen molar-refractivity contribution in [3.63, 3.8) is 0 Å². The average Bonchev–Trinajstić information content (AvgIpc) is 2.85. The number of halogens is 1. The quantitative estimate of drug-likeness (QED) is 0.798. The summed E-state index contributed by atoms with van der Waals surface area (Å²) in [5.74, 6) is 0.0642. The Labute approximate surface area is 120 Å². The van der Waals surface area contributed by atoms with Crippen molar-refractivity contribution in [2.45, 2.75) is 13.3 Å². The molecule has 0 saturated carbocycles. The highest BCUT2D eigenvalue weighted by molar-refractivity contribution is 6.31. The minimum Gasteiger partial charge on any atom is -0.433 e. The van der Waals surface area contributed by atoms with Crippen LogP contribution in [0.4, 0.5) is 0 Å². The van der Waals surface area contributed by atoms with Crippen LogP contribution >= 0.6 is 11.6 Å². The fourth-order valence-corrected chi connectivity index (χ4v) is 2.20. The van der Waals surface area contributed by atoms with Crippen LogP contribution in [0.5, 0.6) is 0 Å². The SMILES string of the molecule is CCCNC(=O)c1cc2cc3ccc(Cl)cc3nc2o1. The first-order valence-corrected chi connectivity index (χ1v) is 6.83. The fourth-order valence-electron chi connectivity index (χ4n) is 2.04. The first kappa shape index (κ1) is 12.9. The molecule has 0 aliphatic heterocycles. The van der Waals surface area contributed by atoms with E-state index in [1.165, 1.54) is 0 Å². The predicted octanol–water partition coefficient (Wildman–Crippen LogP) is 3.77. The molecule has 3 aromatic rings. The topological polar surface area (TPSA) is 55.1 Å². The number of nitrogens with one attached hydrogen (secondary N) is 1. The molecule has 0 bridgehead atoms. The lowest BCUT2D eigenvalue weighted by Crippen LogP contribution is -2.23. The van der Waals surface area contributed by atoms with E-state index in [9.17, 15) is 4.79 Å². The summed E-state index contributed by atoms with van der Waals surface area (Å²) in [5, 5.41) is 5.17.